The number of aryl methyl sites for hydroxylation is 4. The zero-order valence-electron chi connectivity index (χ0n) is 66.2. The molecular formula is C84H115Cl2N6O14Si2-. The van der Waals surface area contributed by atoms with E-state index in [4.69, 9.17) is 40.4 Å². The second kappa shape index (κ2) is 42.1. The lowest BCUT2D eigenvalue weighted by Crippen LogP contribution is -3.00. The predicted octanol–water partition coefficient (Wildman–Crippen LogP) is 7.72. The summed E-state index contributed by atoms with van der Waals surface area (Å²) in [7, 11) is -5.04. The lowest BCUT2D eigenvalue weighted by atomic mass is 9.82. The fraction of sp³-hybridized carbons (Fsp3) is 0.500. The van der Waals surface area contributed by atoms with Crippen LogP contribution in [0, 0.1) is 13.8 Å². The summed E-state index contributed by atoms with van der Waals surface area (Å²) in [5.74, 6) is 1.46. The lowest BCUT2D eigenvalue weighted by Gasteiger charge is -2.39. The molecule has 6 aliphatic heterocycles. The number of anilines is 2. The molecule has 5 aromatic rings. The largest absolute Gasteiger partial charge is 1.00 e. The second-order valence-corrected chi connectivity index (χ2v) is 32.5. The van der Waals surface area contributed by atoms with Crippen LogP contribution in [0.15, 0.2) is 94.3 Å². The van der Waals surface area contributed by atoms with E-state index in [1.54, 1.807) is 6.07 Å². The molecule has 1 aliphatic carbocycles. The van der Waals surface area contributed by atoms with Crippen LogP contribution in [0.25, 0.3) is 39.0 Å². The number of carboxylic acid groups (broad SMARTS) is 1. The average Bonchev–Trinajstić information content (AvgIpc) is 0.706. The SMILES string of the molecule is CCN=c1cc2oc3cc(N(CC)CC)c(C)cc3c(-c3ccccc3C(=O)OCC)c-2cc1C.CCO[Si](CCCNC(C)=O)(OCC)OCC.CCO[Si](CCCNC(C)=O)(OCC)OCC.O=C(O)c1ccccc1C1=c2cc3c4c(c2Oc2c1cc1c5c2CCCN5CCC1)CCC[N+]=4CCC3.[Cl-].[Cl-]. The van der Waals surface area contributed by atoms with Gasteiger partial charge in [0.15, 0.2) is 0 Å². The number of hydrogen-bond acceptors (Lipinski definition) is 16. The van der Waals surface area contributed by atoms with Crippen LogP contribution in [0.5, 0.6) is 11.5 Å². The van der Waals surface area contributed by atoms with Crippen molar-refractivity contribution in [3.63, 3.8) is 0 Å². The Morgan fingerprint density at radius 1 is 0.593 bits per heavy atom. The summed E-state index contributed by atoms with van der Waals surface area (Å²) in [5.41, 5.74) is 17.6. The highest BCUT2D eigenvalue weighted by Gasteiger charge is 2.42. The number of nitrogens with one attached hydrogen (secondary N) is 2. The first-order valence-corrected chi connectivity index (χ1v) is 42.8. The molecule has 0 saturated heterocycles. The van der Waals surface area contributed by atoms with Gasteiger partial charge < -0.3 is 90.8 Å². The maximum Gasteiger partial charge on any atom is 0.500 e. The fourth-order valence-electron chi connectivity index (χ4n) is 15.6. The molecule has 0 aromatic heterocycles. The van der Waals surface area contributed by atoms with Crippen LogP contribution in [0.1, 0.15) is 187 Å². The molecule has 0 fully saturated rings. The van der Waals surface area contributed by atoms with E-state index < -0.39 is 23.6 Å². The van der Waals surface area contributed by atoms with Crippen LogP contribution < -0.4 is 70.5 Å². The minimum absolute atomic E-state index is 0. The first kappa shape index (κ1) is 87.7. The Kier molecular flexibility index (Phi) is 34.2. The molecule has 0 spiro atoms. The van der Waals surface area contributed by atoms with Crippen molar-refractivity contribution in [2.24, 2.45) is 4.99 Å². The normalized spacial score (nSPS) is 13.9. The number of amides is 2. The van der Waals surface area contributed by atoms with Gasteiger partial charge in [0.1, 0.15) is 35.9 Å². The summed E-state index contributed by atoms with van der Waals surface area (Å²) < 4.78 is 55.7. The third kappa shape index (κ3) is 20.7. The quantitative estimate of drug-likeness (QED) is 0.0134. The van der Waals surface area contributed by atoms with E-state index >= 15 is 0 Å². The van der Waals surface area contributed by atoms with Gasteiger partial charge >= 0.3 is 29.5 Å². The molecule has 2 amide bonds. The van der Waals surface area contributed by atoms with Crippen LogP contribution in [-0.4, -0.2) is 152 Å². The third-order valence-electron chi connectivity index (χ3n) is 19.8. The van der Waals surface area contributed by atoms with Crippen molar-refractivity contribution >= 4 is 69.3 Å². The number of esters is 1. The van der Waals surface area contributed by atoms with Gasteiger partial charge in [0, 0.05) is 192 Å². The standard InChI is InChI=1S/C32H30N2O3.C30H34N2O3.2C11H25NO4Si.2ClH/c35-32(36)22-10-2-1-9-21(22)27-25-17-19-7-3-13-33-15-5-11-23(28(19)33)30(25)37-31-24-12-6-16-34-14-4-8-20(29(24)34)18-26(27)31;1-7-31-25-17-27-23(15-19(25)5)29(21-13-11-12-14-22(21)30(33)34-10-4)24-16-20(6)26(18-28(24)35-27)32(8-2)9-3;2*1-5-14-17(15-6-2,16-7-3)10-8-9-12-11(4)13;;/h1-2,9-10,17-18H,3-8,11-16H2;11-18H,7-10H2,1-6H3;2*5-10H2,1-4H3,(H,12,13);2*1H/p-1. The number of nitrogens with zero attached hydrogens (tertiary/aromatic N) is 4. The Hall–Kier alpha value is -7.49. The topological polar surface area (TPSA) is 221 Å². The number of carboxylic acids is 1. The van der Waals surface area contributed by atoms with E-state index in [-0.39, 0.29) is 42.6 Å². The van der Waals surface area contributed by atoms with E-state index in [9.17, 15) is 24.3 Å². The van der Waals surface area contributed by atoms with Crippen molar-refractivity contribution in [1.29, 1.82) is 0 Å². The number of fused-ring (bicyclic) bond motifs is 6. The van der Waals surface area contributed by atoms with Gasteiger partial charge in [0.25, 0.3) is 0 Å². The zero-order chi connectivity index (χ0) is 76.1. The molecule has 588 valence electrons. The number of rotatable bonds is 29. The van der Waals surface area contributed by atoms with Gasteiger partial charge in [-0.1, -0.05) is 36.4 Å². The molecule has 0 radical (unpaired) electrons. The second-order valence-electron chi connectivity index (χ2n) is 27.0. The summed E-state index contributed by atoms with van der Waals surface area (Å²) in [5, 5.41) is 20.1. The molecule has 0 atom stereocenters. The number of benzene rings is 6. The van der Waals surface area contributed by atoms with Crippen molar-refractivity contribution in [3.8, 4) is 33.9 Å². The molecule has 0 unspecified atom stereocenters. The monoisotopic (exact) mass is 1560 g/mol. The summed E-state index contributed by atoms with van der Waals surface area (Å²) in [4.78, 5) is 56.4. The van der Waals surface area contributed by atoms with Gasteiger partial charge in [0.2, 0.25) is 17.2 Å². The van der Waals surface area contributed by atoms with Crippen molar-refractivity contribution < 1.29 is 89.5 Å². The summed E-state index contributed by atoms with van der Waals surface area (Å²) in [6.07, 6.45) is 10.4. The Bertz CT molecular complexity index is 4330. The van der Waals surface area contributed by atoms with Crippen LogP contribution in [0.4, 0.5) is 11.4 Å². The molecule has 12 rings (SSSR count). The molecule has 24 heteroatoms. The first-order chi connectivity index (χ1) is 51.3. The molecule has 5 aromatic carbocycles. The molecule has 6 heterocycles. The smallest absolute Gasteiger partial charge is 0.500 e. The van der Waals surface area contributed by atoms with E-state index in [0.717, 1.165) is 199 Å². The maximum absolute atomic E-state index is 12.9. The average molecular weight is 1560 g/mol. The van der Waals surface area contributed by atoms with Crippen LogP contribution in [0.3, 0.4) is 0 Å². The van der Waals surface area contributed by atoms with Crippen molar-refractivity contribution in [1.82, 2.24) is 15.2 Å². The Labute approximate surface area is 653 Å². The number of hydrogen-bond donors (Lipinski definition) is 3. The van der Waals surface area contributed by atoms with Crippen LogP contribution in [0.2, 0.25) is 12.1 Å². The number of carbonyl (C=O) groups excluding carboxylic acids is 3. The first-order valence-electron chi connectivity index (χ1n) is 38.9. The Morgan fingerprint density at radius 3 is 1.69 bits per heavy atom. The third-order valence-corrected chi connectivity index (χ3v) is 26.1. The molecule has 108 heavy (non-hydrogen) atoms. The Balaban J connectivity index is 0.000000213. The van der Waals surface area contributed by atoms with Gasteiger partial charge in [-0.2, -0.15) is 0 Å². The molecule has 0 bridgehead atoms. The minimum Gasteiger partial charge on any atom is -1.00 e. The highest BCUT2D eigenvalue weighted by Crippen LogP contribution is 2.49. The highest BCUT2D eigenvalue weighted by atomic mass is 35.5. The molecule has 3 N–H and O–H groups in total. The van der Waals surface area contributed by atoms with Crippen molar-refractivity contribution in [3.05, 3.63) is 156 Å². The zero-order valence-corrected chi connectivity index (χ0v) is 69.7. The van der Waals surface area contributed by atoms with Crippen LogP contribution in [-0.2, 0) is 66.6 Å². The maximum atomic E-state index is 12.9. The van der Waals surface area contributed by atoms with E-state index in [0.29, 0.717) is 77.0 Å². The van der Waals surface area contributed by atoms with Crippen LogP contribution >= 0.6 is 0 Å². The van der Waals surface area contributed by atoms with E-state index in [2.05, 4.69) is 88.0 Å². The Morgan fingerprint density at radius 2 is 1.14 bits per heavy atom. The highest BCUT2D eigenvalue weighted by molar-refractivity contribution is 6.61. The predicted molar refractivity (Wildman–Crippen MR) is 425 cm³/mol. The van der Waals surface area contributed by atoms with E-state index in [1.165, 1.54) is 52.7 Å². The number of halogens is 2. The summed E-state index contributed by atoms with van der Waals surface area (Å²) >= 11 is 0. The molecular weight excluding hydrogens is 1440 g/mol. The molecule has 0 saturated carbocycles. The van der Waals surface area contributed by atoms with Gasteiger partial charge in [-0.05, 0) is 199 Å². The van der Waals surface area contributed by atoms with Gasteiger partial charge in [-0.25, -0.2) is 14.2 Å². The fourth-order valence-corrected chi connectivity index (χ4v) is 20.9. The van der Waals surface area contributed by atoms with Gasteiger partial charge in [-0.3, -0.25) is 14.6 Å². The number of carbonyl (C=O) groups is 4. The van der Waals surface area contributed by atoms with Crippen molar-refractivity contribution in [2.75, 3.05) is 115 Å². The van der Waals surface area contributed by atoms with Crippen molar-refractivity contribution in [2.45, 2.75) is 173 Å². The minimum atomic E-state index is -2.52. The number of aromatic carboxylic acids is 1. The van der Waals surface area contributed by atoms with E-state index in [1.807, 2.05) is 104 Å². The van der Waals surface area contributed by atoms with Gasteiger partial charge in [0.05, 0.1) is 28.7 Å². The summed E-state index contributed by atoms with van der Waals surface area (Å²) in [6, 6.07) is 29.8. The lowest BCUT2D eigenvalue weighted by molar-refractivity contribution is -0.119. The number of ether oxygens (including phenoxy) is 2. The summed E-state index contributed by atoms with van der Waals surface area (Å²) in [6.45, 7) is 39.1. The molecule has 7 aliphatic rings. The van der Waals surface area contributed by atoms with Gasteiger partial charge in [-0.15, -0.1) is 0 Å². The molecule has 20 nitrogen and oxygen atoms in total.